The lowest BCUT2D eigenvalue weighted by Crippen LogP contribution is -2.51. The summed E-state index contributed by atoms with van der Waals surface area (Å²) in [7, 11) is 0. The minimum absolute atomic E-state index is 0.0702. The summed E-state index contributed by atoms with van der Waals surface area (Å²) in [4.78, 5) is 31.1. The second-order valence-electron chi connectivity index (χ2n) is 6.83. The number of rotatable bonds is 6. The van der Waals surface area contributed by atoms with Gasteiger partial charge in [-0.1, -0.05) is 48.5 Å². The average Bonchev–Trinajstić information content (AvgIpc) is 2.73. The second-order valence-corrected chi connectivity index (χ2v) is 6.83. The molecule has 1 saturated heterocycles. The largest absolute Gasteiger partial charge is 0.338 e. The molecule has 0 atom stereocenters. The summed E-state index contributed by atoms with van der Waals surface area (Å²) in [5.41, 5.74) is 1.87. The third-order valence-corrected chi connectivity index (χ3v) is 4.99. The molecule has 0 spiro atoms. The maximum atomic E-state index is 12.7. The van der Waals surface area contributed by atoms with Crippen molar-refractivity contribution in [1.82, 2.24) is 14.7 Å². The second kappa shape index (κ2) is 9.33. The molecule has 0 aliphatic carbocycles. The Morgan fingerprint density at radius 3 is 2.07 bits per heavy atom. The maximum Gasteiger partial charge on any atom is 0.253 e. The summed E-state index contributed by atoms with van der Waals surface area (Å²) >= 11 is 0. The van der Waals surface area contributed by atoms with Crippen molar-refractivity contribution in [1.29, 1.82) is 0 Å². The summed E-state index contributed by atoms with van der Waals surface area (Å²) in [5.74, 6) is 0.213. The molecule has 1 heterocycles. The predicted octanol–water partition coefficient (Wildman–Crippen LogP) is 2.49. The fourth-order valence-electron chi connectivity index (χ4n) is 3.34. The standard InChI is InChI=1S/C22H27N3O2/c1-2-24(17-19-9-5-3-6-10-19)21(26)18-23-13-15-25(16-14-23)22(27)20-11-7-4-8-12-20/h3-12H,2,13-18H2,1H3. The summed E-state index contributed by atoms with van der Waals surface area (Å²) < 4.78 is 0. The molecular weight excluding hydrogens is 338 g/mol. The fraction of sp³-hybridized carbons (Fsp3) is 0.364. The first-order valence-corrected chi connectivity index (χ1v) is 9.55. The summed E-state index contributed by atoms with van der Waals surface area (Å²) in [6.07, 6.45) is 0. The van der Waals surface area contributed by atoms with Crippen LogP contribution in [0.25, 0.3) is 0 Å². The smallest absolute Gasteiger partial charge is 0.253 e. The van der Waals surface area contributed by atoms with Crippen molar-refractivity contribution < 1.29 is 9.59 Å². The lowest BCUT2D eigenvalue weighted by Gasteiger charge is -2.35. The summed E-state index contributed by atoms with van der Waals surface area (Å²) in [5, 5.41) is 0. The normalized spacial score (nSPS) is 14.8. The first kappa shape index (κ1) is 19.1. The Hall–Kier alpha value is -2.66. The fourth-order valence-corrected chi connectivity index (χ4v) is 3.34. The predicted molar refractivity (Wildman–Crippen MR) is 106 cm³/mol. The van der Waals surface area contributed by atoms with E-state index in [4.69, 9.17) is 0 Å². The Morgan fingerprint density at radius 2 is 1.48 bits per heavy atom. The van der Waals surface area contributed by atoms with Crippen LogP contribution in [0.1, 0.15) is 22.8 Å². The van der Waals surface area contributed by atoms with Crippen LogP contribution in [0.2, 0.25) is 0 Å². The van der Waals surface area contributed by atoms with Gasteiger partial charge in [0, 0.05) is 44.8 Å². The van der Waals surface area contributed by atoms with Crippen molar-refractivity contribution in [2.45, 2.75) is 13.5 Å². The molecule has 0 unspecified atom stereocenters. The van der Waals surface area contributed by atoms with Gasteiger partial charge in [-0.15, -0.1) is 0 Å². The molecule has 3 rings (SSSR count). The van der Waals surface area contributed by atoms with Gasteiger partial charge in [-0.05, 0) is 24.6 Å². The van der Waals surface area contributed by atoms with Crippen LogP contribution in [0.4, 0.5) is 0 Å². The van der Waals surface area contributed by atoms with E-state index >= 15 is 0 Å². The Labute approximate surface area is 161 Å². The first-order chi connectivity index (χ1) is 13.2. The summed E-state index contributed by atoms with van der Waals surface area (Å²) in [6, 6.07) is 19.4. The number of hydrogen-bond acceptors (Lipinski definition) is 3. The number of hydrogen-bond donors (Lipinski definition) is 0. The van der Waals surface area contributed by atoms with Gasteiger partial charge in [-0.2, -0.15) is 0 Å². The summed E-state index contributed by atoms with van der Waals surface area (Å²) in [6.45, 7) is 6.53. The third kappa shape index (κ3) is 5.17. The number of carbonyl (C=O) groups excluding carboxylic acids is 2. The van der Waals surface area contributed by atoms with E-state index in [-0.39, 0.29) is 11.8 Å². The molecule has 0 saturated carbocycles. The molecule has 0 bridgehead atoms. The zero-order chi connectivity index (χ0) is 19.1. The molecule has 0 aromatic heterocycles. The van der Waals surface area contributed by atoms with Crippen LogP contribution in [0.3, 0.4) is 0 Å². The Balaban J connectivity index is 1.49. The molecule has 1 aliphatic rings. The van der Waals surface area contributed by atoms with E-state index < -0.39 is 0 Å². The van der Waals surface area contributed by atoms with Crippen molar-refractivity contribution in [3.05, 3.63) is 71.8 Å². The van der Waals surface area contributed by atoms with Crippen LogP contribution in [-0.2, 0) is 11.3 Å². The Morgan fingerprint density at radius 1 is 0.889 bits per heavy atom. The van der Waals surface area contributed by atoms with Crippen molar-refractivity contribution in [3.63, 3.8) is 0 Å². The molecule has 2 aromatic carbocycles. The maximum absolute atomic E-state index is 12.7. The van der Waals surface area contributed by atoms with Gasteiger partial charge in [0.15, 0.2) is 0 Å². The molecule has 27 heavy (non-hydrogen) atoms. The van der Waals surface area contributed by atoms with E-state index in [0.29, 0.717) is 32.7 Å². The van der Waals surface area contributed by atoms with Gasteiger partial charge in [-0.3, -0.25) is 14.5 Å². The number of carbonyl (C=O) groups is 2. The molecule has 5 nitrogen and oxygen atoms in total. The van der Waals surface area contributed by atoms with Crippen LogP contribution in [-0.4, -0.2) is 65.8 Å². The molecule has 0 N–H and O–H groups in total. The first-order valence-electron chi connectivity index (χ1n) is 9.55. The highest BCUT2D eigenvalue weighted by Gasteiger charge is 2.24. The number of nitrogens with zero attached hydrogens (tertiary/aromatic N) is 3. The van der Waals surface area contributed by atoms with Crippen molar-refractivity contribution in [3.8, 4) is 0 Å². The molecule has 0 radical (unpaired) electrons. The quantitative estimate of drug-likeness (QED) is 0.790. The molecular formula is C22H27N3O2. The highest BCUT2D eigenvalue weighted by Crippen LogP contribution is 2.10. The van der Waals surface area contributed by atoms with E-state index in [1.54, 1.807) is 0 Å². The number of piperazine rings is 1. The highest BCUT2D eigenvalue weighted by molar-refractivity contribution is 5.94. The van der Waals surface area contributed by atoms with E-state index in [1.807, 2.05) is 77.4 Å². The minimum Gasteiger partial charge on any atom is -0.338 e. The van der Waals surface area contributed by atoms with Crippen molar-refractivity contribution in [2.75, 3.05) is 39.3 Å². The third-order valence-electron chi connectivity index (χ3n) is 4.99. The van der Waals surface area contributed by atoms with Gasteiger partial charge >= 0.3 is 0 Å². The monoisotopic (exact) mass is 365 g/mol. The van der Waals surface area contributed by atoms with Crippen LogP contribution in [0, 0.1) is 0 Å². The van der Waals surface area contributed by atoms with Gasteiger partial charge in [-0.25, -0.2) is 0 Å². The number of benzene rings is 2. The minimum atomic E-state index is 0.0702. The average molecular weight is 365 g/mol. The Bertz CT molecular complexity index is 741. The Kier molecular flexibility index (Phi) is 6.60. The number of amides is 2. The van der Waals surface area contributed by atoms with Gasteiger partial charge < -0.3 is 9.80 Å². The van der Waals surface area contributed by atoms with Crippen LogP contribution < -0.4 is 0 Å². The lowest BCUT2D eigenvalue weighted by molar-refractivity contribution is -0.133. The molecule has 5 heteroatoms. The molecule has 2 aromatic rings. The molecule has 142 valence electrons. The highest BCUT2D eigenvalue weighted by atomic mass is 16.2. The van der Waals surface area contributed by atoms with Crippen LogP contribution >= 0.6 is 0 Å². The van der Waals surface area contributed by atoms with Crippen LogP contribution in [0.5, 0.6) is 0 Å². The van der Waals surface area contributed by atoms with Gasteiger partial charge in [0.25, 0.3) is 5.91 Å². The topological polar surface area (TPSA) is 43.9 Å². The molecule has 1 aliphatic heterocycles. The van der Waals surface area contributed by atoms with Gasteiger partial charge in [0.05, 0.1) is 6.54 Å². The van der Waals surface area contributed by atoms with Gasteiger partial charge in [0.2, 0.25) is 5.91 Å². The zero-order valence-electron chi connectivity index (χ0n) is 15.9. The number of likely N-dealkylation sites (N-methyl/N-ethyl adjacent to an activating group) is 1. The van der Waals surface area contributed by atoms with Crippen molar-refractivity contribution in [2.24, 2.45) is 0 Å². The van der Waals surface area contributed by atoms with Gasteiger partial charge in [0.1, 0.15) is 0 Å². The zero-order valence-corrected chi connectivity index (χ0v) is 15.9. The molecule has 1 fully saturated rings. The molecule has 2 amide bonds. The van der Waals surface area contributed by atoms with Crippen LogP contribution in [0.15, 0.2) is 60.7 Å². The lowest BCUT2D eigenvalue weighted by atomic mass is 10.2. The van der Waals surface area contributed by atoms with E-state index in [0.717, 1.165) is 24.2 Å². The van der Waals surface area contributed by atoms with E-state index in [1.165, 1.54) is 0 Å². The van der Waals surface area contributed by atoms with E-state index in [2.05, 4.69) is 4.90 Å². The van der Waals surface area contributed by atoms with E-state index in [9.17, 15) is 9.59 Å². The van der Waals surface area contributed by atoms with Crippen molar-refractivity contribution >= 4 is 11.8 Å². The SMILES string of the molecule is CCN(Cc1ccccc1)C(=O)CN1CCN(C(=O)c2ccccc2)CC1.